The van der Waals surface area contributed by atoms with Gasteiger partial charge in [0.15, 0.2) is 0 Å². The van der Waals surface area contributed by atoms with Crippen molar-refractivity contribution in [1.29, 1.82) is 0 Å². The summed E-state index contributed by atoms with van der Waals surface area (Å²) in [6.07, 6.45) is 5.09. The first-order valence-corrected chi connectivity index (χ1v) is 8.61. The second-order valence-corrected chi connectivity index (χ2v) is 7.34. The van der Waals surface area contributed by atoms with Gasteiger partial charge < -0.3 is 0 Å². The van der Waals surface area contributed by atoms with Gasteiger partial charge in [0.05, 0.1) is 4.90 Å². The van der Waals surface area contributed by atoms with Crippen LogP contribution in [0.1, 0.15) is 45.1 Å². The Morgan fingerprint density at radius 3 is 2.42 bits per heavy atom. The van der Waals surface area contributed by atoms with E-state index in [0.29, 0.717) is 10.8 Å². The summed E-state index contributed by atoms with van der Waals surface area (Å²) in [6.45, 7) is 4.29. The van der Waals surface area contributed by atoms with E-state index in [1.54, 1.807) is 12.1 Å². The molecular formula is C15H23NO2S. The maximum atomic E-state index is 12.3. The average molecular weight is 281 g/mol. The third-order valence-electron chi connectivity index (χ3n) is 3.79. The summed E-state index contributed by atoms with van der Waals surface area (Å²) < 4.78 is 27.3. The third-order valence-corrected chi connectivity index (χ3v) is 5.33. The fourth-order valence-corrected chi connectivity index (χ4v) is 4.01. The molecule has 4 heteroatoms. The van der Waals surface area contributed by atoms with Gasteiger partial charge >= 0.3 is 0 Å². The molecule has 2 atom stereocenters. The Kier molecular flexibility index (Phi) is 4.63. The van der Waals surface area contributed by atoms with E-state index in [2.05, 4.69) is 18.6 Å². The number of rotatable bonds is 5. The van der Waals surface area contributed by atoms with E-state index in [9.17, 15) is 8.42 Å². The second kappa shape index (κ2) is 6.06. The standard InChI is InChI=1S/C15H23NO2S/c1-3-4-13-6-9-15(10-7-13)19(17,18)16-14-8-5-12(2)11-14/h6-7,9-10,12,14,16H,3-5,8,11H2,1-2H3. The summed E-state index contributed by atoms with van der Waals surface area (Å²) >= 11 is 0. The van der Waals surface area contributed by atoms with E-state index in [4.69, 9.17) is 0 Å². The molecule has 106 valence electrons. The minimum absolute atomic E-state index is 0.107. The number of benzene rings is 1. The van der Waals surface area contributed by atoms with Gasteiger partial charge in [-0.1, -0.05) is 32.4 Å². The monoisotopic (exact) mass is 281 g/mol. The van der Waals surface area contributed by atoms with Crippen molar-refractivity contribution in [2.75, 3.05) is 0 Å². The van der Waals surface area contributed by atoms with Crippen LogP contribution in [0.25, 0.3) is 0 Å². The van der Waals surface area contributed by atoms with E-state index in [1.165, 1.54) is 5.56 Å². The van der Waals surface area contributed by atoms with Gasteiger partial charge in [0.25, 0.3) is 0 Å². The van der Waals surface area contributed by atoms with Crippen LogP contribution in [0, 0.1) is 5.92 Å². The fraction of sp³-hybridized carbons (Fsp3) is 0.600. The van der Waals surface area contributed by atoms with Crippen LogP contribution >= 0.6 is 0 Å². The molecule has 0 spiro atoms. The summed E-state index contributed by atoms with van der Waals surface area (Å²) in [7, 11) is -3.35. The predicted octanol–water partition coefficient (Wildman–Crippen LogP) is 3.11. The molecule has 1 aliphatic carbocycles. The van der Waals surface area contributed by atoms with Crippen LogP contribution in [0.15, 0.2) is 29.2 Å². The van der Waals surface area contributed by atoms with Crippen molar-refractivity contribution in [2.45, 2.75) is 56.9 Å². The van der Waals surface area contributed by atoms with Crippen molar-refractivity contribution in [2.24, 2.45) is 5.92 Å². The highest BCUT2D eigenvalue weighted by molar-refractivity contribution is 7.89. The SMILES string of the molecule is CCCc1ccc(S(=O)(=O)NC2CCC(C)C2)cc1. The molecule has 1 saturated carbocycles. The van der Waals surface area contributed by atoms with Crippen LogP contribution in [-0.2, 0) is 16.4 Å². The summed E-state index contributed by atoms with van der Waals surface area (Å²) in [6, 6.07) is 7.36. The number of sulfonamides is 1. The van der Waals surface area contributed by atoms with Crippen molar-refractivity contribution < 1.29 is 8.42 Å². The molecular weight excluding hydrogens is 258 g/mol. The Balaban J connectivity index is 2.06. The van der Waals surface area contributed by atoms with Gasteiger partial charge in [-0.25, -0.2) is 13.1 Å². The van der Waals surface area contributed by atoms with E-state index in [-0.39, 0.29) is 6.04 Å². The summed E-state index contributed by atoms with van der Waals surface area (Å²) in [5, 5.41) is 0. The minimum Gasteiger partial charge on any atom is -0.208 e. The summed E-state index contributed by atoms with van der Waals surface area (Å²) in [4.78, 5) is 0.381. The van der Waals surface area contributed by atoms with Gasteiger partial charge in [0, 0.05) is 6.04 Å². The zero-order valence-corrected chi connectivity index (χ0v) is 12.5. The lowest BCUT2D eigenvalue weighted by molar-refractivity contribution is 0.538. The van der Waals surface area contributed by atoms with Crippen molar-refractivity contribution in [3.05, 3.63) is 29.8 Å². The van der Waals surface area contributed by atoms with Crippen LogP contribution in [0.4, 0.5) is 0 Å². The van der Waals surface area contributed by atoms with E-state index in [1.807, 2.05) is 12.1 Å². The first-order chi connectivity index (χ1) is 9.01. The molecule has 3 nitrogen and oxygen atoms in total. The van der Waals surface area contributed by atoms with Gasteiger partial charge in [-0.05, 0) is 49.3 Å². The first-order valence-electron chi connectivity index (χ1n) is 7.12. The number of hydrogen-bond donors (Lipinski definition) is 1. The zero-order valence-electron chi connectivity index (χ0n) is 11.7. The molecule has 2 unspecified atom stereocenters. The smallest absolute Gasteiger partial charge is 0.208 e. The van der Waals surface area contributed by atoms with Crippen LogP contribution in [0.5, 0.6) is 0 Å². The minimum atomic E-state index is -3.35. The summed E-state index contributed by atoms with van der Waals surface area (Å²) in [5.74, 6) is 0.625. The molecule has 1 aromatic rings. The Bertz CT molecular complexity index is 507. The molecule has 0 amide bonds. The Labute approximate surface area is 116 Å². The molecule has 0 bridgehead atoms. The van der Waals surface area contributed by atoms with Gasteiger partial charge in [0.1, 0.15) is 0 Å². The topological polar surface area (TPSA) is 46.2 Å². The van der Waals surface area contributed by atoms with Crippen LogP contribution in [-0.4, -0.2) is 14.5 Å². The molecule has 1 aliphatic rings. The summed E-state index contributed by atoms with van der Waals surface area (Å²) in [5.41, 5.74) is 1.19. The Hall–Kier alpha value is -0.870. The van der Waals surface area contributed by atoms with E-state index >= 15 is 0 Å². The maximum Gasteiger partial charge on any atom is 0.240 e. The van der Waals surface area contributed by atoms with Crippen LogP contribution in [0.3, 0.4) is 0 Å². The average Bonchev–Trinajstić information content (AvgIpc) is 2.75. The Morgan fingerprint density at radius 2 is 1.89 bits per heavy atom. The van der Waals surface area contributed by atoms with Crippen molar-refractivity contribution in [3.8, 4) is 0 Å². The largest absolute Gasteiger partial charge is 0.240 e. The lowest BCUT2D eigenvalue weighted by Crippen LogP contribution is -2.32. The predicted molar refractivity (Wildman–Crippen MR) is 77.6 cm³/mol. The van der Waals surface area contributed by atoms with Gasteiger partial charge in [-0.2, -0.15) is 0 Å². The third kappa shape index (κ3) is 3.80. The van der Waals surface area contributed by atoms with Gasteiger partial charge in [-0.3, -0.25) is 0 Å². The van der Waals surface area contributed by atoms with E-state index < -0.39 is 10.0 Å². The molecule has 0 saturated heterocycles. The normalized spacial score (nSPS) is 23.7. The molecule has 0 aliphatic heterocycles. The lowest BCUT2D eigenvalue weighted by Gasteiger charge is -2.13. The second-order valence-electron chi connectivity index (χ2n) is 5.63. The molecule has 0 aromatic heterocycles. The number of aryl methyl sites for hydroxylation is 1. The molecule has 19 heavy (non-hydrogen) atoms. The van der Waals surface area contributed by atoms with Crippen LogP contribution in [0.2, 0.25) is 0 Å². The van der Waals surface area contributed by atoms with Crippen LogP contribution < -0.4 is 4.72 Å². The number of hydrogen-bond acceptors (Lipinski definition) is 2. The van der Waals surface area contributed by atoms with Crippen molar-refractivity contribution >= 4 is 10.0 Å². The Morgan fingerprint density at radius 1 is 1.21 bits per heavy atom. The maximum absolute atomic E-state index is 12.3. The first kappa shape index (κ1) is 14.5. The molecule has 0 heterocycles. The van der Waals surface area contributed by atoms with Crippen molar-refractivity contribution in [3.63, 3.8) is 0 Å². The molecule has 1 aromatic carbocycles. The highest BCUT2D eigenvalue weighted by Gasteiger charge is 2.26. The zero-order chi connectivity index (χ0) is 13.9. The van der Waals surface area contributed by atoms with Gasteiger partial charge in [0.2, 0.25) is 10.0 Å². The molecule has 2 rings (SSSR count). The van der Waals surface area contributed by atoms with Crippen molar-refractivity contribution in [1.82, 2.24) is 4.72 Å². The number of nitrogens with one attached hydrogen (secondary N) is 1. The highest BCUT2D eigenvalue weighted by atomic mass is 32.2. The van der Waals surface area contributed by atoms with E-state index in [0.717, 1.165) is 32.1 Å². The quantitative estimate of drug-likeness (QED) is 0.901. The van der Waals surface area contributed by atoms with Gasteiger partial charge in [-0.15, -0.1) is 0 Å². The molecule has 1 N–H and O–H groups in total. The lowest BCUT2D eigenvalue weighted by atomic mass is 10.1. The molecule has 0 radical (unpaired) electrons. The fourth-order valence-electron chi connectivity index (χ4n) is 2.73. The highest BCUT2D eigenvalue weighted by Crippen LogP contribution is 2.26. The molecule has 1 fully saturated rings.